The van der Waals surface area contributed by atoms with Crippen LogP contribution < -0.4 is 16.4 Å². The number of rotatable bonds is 7. The predicted octanol–water partition coefficient (Wildman–Crippen LogP) is 1.81. The summed E-state index contributed by atoms with van der Waals surface area (Å²) in [5.74, 6) is 1.06. The number of nitrogens with two attached hydrogens (primary N) is 1. The van der Waals surface area contributed by atoms with Crippen LogP contribution in [0.15, 0.2) is 0 Å². The molecule has 1 aliphatic rings. The molecular weight excluding hydrogens is 212 g/mol. The number of guanidine groups is 1. The van der Waals surface area contributed by atoms with E-state index in [2.05, 4.69) is 17.6 Å². The zero-order valence-electron chi connectivity index (χ0n) is 11.1. The zero-order valence-corrected chi connectivity index (χ0v) is 11.1. The Labute approximate surface area is 105 Å². The van der Waals surface area contributed by atoms with E-state index < -0.39 is 0 Å². The van der Waals surface area contributed by atoms with Crippen LogP contribution >= 0.6 is 0 Å². The molecule has 5 N–H and O–H groups in total. The van der Waals surface area contributed by atoms with Crippen molar-refractivity contribution in [2.75, 3.05) is 13.1 Å². The van der Waals surface area contributed by atoms with Gasteiger partial charge in [0.15, 0.2) is 5.96 Å². The van der Waals surface area contributed by atoms with E-state index in [4.69, 9.17) is 11.1 Å². The molecule has 0 aromatic carbocycles. The smallest absolute Gasteiger partial charge is 0.185 e. The standard InChI is InChI=1S/C13H28N4/c1-2-4-11-5-7-12(8-6-11)16-9-3-10-17-13(14)15/h11-12,16H,2-10H2,1H3,(H4,14,15,17). The van der Waals surface area contributed by atoms with Crippen molar-refractivity contribution >= 4 is 5.96 Å². The lowest BCUT2D eigenvalue weighted by Gasteiger charge is -2.29. The molecule has 17 heavy (non-hydrogen) atoms. The molecular formula is C13H28N4. The Kier molecular flexibility index (Phi) is 7.01. The van der Waals surface area contributed by atoms with Crippen LogP contribution in [0, 0.1) is 11.3 Å². The topological polar surface area (TPSA) is 73.9 Å². The van der Waals surface area contributed by atoms with E-state index in [1.165, 1.54) is 38.5 Å². The van der Waals surface area contributed by atoms with Gasteiger partial charge in [0.1, 0.15) is 0 Å². The van der Waals surface area contributed by atoms with Gasteiger partial charge in [-0.15, -0.1) is 0 Å². The first-order chi connectivity index (χ1) is 8.22. The first-order valence-corrected chi connectivity index (χ1v) is 7.03. The highest BCUT2D eigenvalue weighted by Gasteiger charge is 2.19. The first-order valence-electron chi connectivity index (χ1n) is 7.03. The van der Waals surface area contributed by atoms with Crippen LogP contribution in [0.25, 0.3) is 0 Å². The molecule has 4 heteroatoms. The third-order valence-electron chi connectivity index (χ3n) is 3.65. The average molecular weight is 240 g/mol. The summed E-state index contributed by atoms with van der Waals surface area (Å²) in [4.78, 5) is 0. The molecule has 1 aliphatic carbocycles. The molecule has 0 unspecified atom stereocenters. The molecule has 100 valence electrons. The summed E-state index contributed by atoms with van der Waals surface area (Å²) in [6.07, 6.45) is 9.26. The largest absolute Gasteiger partial charge is 0.370 e. The average Bonchev–Trinajstić information content (AvgIpc) is 2.31. The highest BCUT2D eigenvalue weighted by molar-refractivity contribution is 5.74. The minimum atomic E-state index is 0.0741. The molecule has 1 saturated carbocycles. The van der Waals surface area contributed by atoms with Gasteiger partial charge in [0.05, 0.1) is 0 Å². The Balaban J connectivity index is 1.97. The van der Waals surface area contributed by atoms with E-state index in [0.717, 1.165) is 31.5 Å². The van der Waals surface area contributed by atoms with Gasteiger partial charge in [-0.2, -0.15) is 0 Å². The molecule has 0 amide bonds. The maximum Gasteiger partial charge on any atom is 0.185 e. The zero-order chi connectivity index (χ0) is 12.5. The Morgan fingerprint density at radius 2 is 1.94 bits per heavy atom. The Morgan fingerprint density at radius 3 is 2.53 bits per heavy atom. The number of hydrogen-bond donors (Lipinski definition) is 4. The maximum atomic E-state index is 7.03. The lowest BCUT2D eigenvalue weighted by atomic mass is 9.83. The van der Waals surface area contributed by atoms with Crippen LogP contribution in [-0.4, -0.2) is 25.1 Å². The molecule has 0 aliphatic heterocycles. The van der Waals surface area contributed by atoms with Gasteiger partial charge in [-0.05, 0) is 44.6 Å². The minimum Gasteiger partial charge on any atom is -0.370 e. The van der Waals surface area contributed by atoms with Crippen molar-refractivity contribution in [3.05, 3.63) is 0 Å². The molecule has 1 fully saturated rings. The Hall–Kier alpha value is -0.770. The number of hydrogen-bond acceptors (Lipinski definition) is 2. The lowest BCUT2D eigenvalue weighted by molar-refractivity contribution is 0.278. The molecule has 0 atom stereocenters. The van der Waals surface area contributed by atoms with Crippen molar-refractivity contribution in [1.82, 2.24) is 10.6 Å². The molecule has 0 aromatic heterocycles. The molecule has 0 spiro atoms. The summed E-state index contributed by atoms with van der Waals surface area (Å²) >= 11 is 0. The van der Waals surface area contributed by atoms with Gasteiger partial charge in [0, 0.05) is 12.6 Å². The van der Waals surface area contributed by atoms with Crippen molar-refractivity contribution in [2.24, 2.45) is 11.7 Å². The summed E-state index contributed by atoms with van der Waals surface area (Å²) in [6, 6.07) is 0.723. The van der Waals surface area contributed by atoms with Gasteiger partial charge in [-0.25, -0.2) is 0 Å². The predicted molar refractivity (Wildman–Crippen MR) is 73.2 cm³/mol. The summed E-state index contributed by atoms with van der Waals surface area (Å²) in [7, 11) is 0. The van der Waals surface area contributed by atoms with Crippen molar-refractivity contribution in [3.63, 3.8) is 0 Å². The molecule has 0 radical (unpaired) electrons. The molecule has 4 nitrogen and oxygen atoms in total. The van der Waals surface area contributed by atoms with E-state index in [1.807, 2.05) is 0 Å². The quantitative estimate of drug-likeness (QED) is 0.311. The van der Waals surface area contributed by atoms with Crippen LogP contribution in [0.4, 0.5) is 0 Å². The van der Waals surface area contributed by atoms with Crippen molar-refractivity contribution in [3.8, 4) is 0 Å². The Morgan fingerprint density at radius 1 is 1.24 bits per heavy atom. The molecule has 0 aromatic rings. The second-order valence-electron chi connectivity index (χ2n) is 5.15. The van der Waals surface area contributed by atoms with Crippen LogP contribution in [0.2, 0.25) is 0 Å². The first kappa shape index (κ1) is 14.3. The van der Waals surface area contributed by atoms with Gasteiger partial charge < -0.3 is 16.4 Å². The van der Waals surface area contributed by atoms with Gasteiger partial charge in [0.2, 0.25) is 0 Å². The fourth-order valence-corrected chi connectivity index (χ4v) is 2.68. The third kappa shape index (κ3) is 6.51. The maximum absolute atomic E-state index is 7.03. The van der Waals surface area contributed by atoms with E-state index in [0.29, 0.717) is 0 Å². The van der Waals surface area contributed by atoms with E-state index in [-0.39, 0.29) is 5.96 Å². The normalized spacial score (nSPS) is 24.5. The van der Waals surface area contributed by atoms with E-state index in [9.17, 15) is 0 Å². The van der Waals surface area contributed by atoms with Gasteiger partial charge in [-0.1, -0.05) is 19.8 Å². The highest BCUT2D eigenvalue weighted by Crippen LogP contribution is 2.27. The molecule has 0 bridgehead atoms. The highest BCUT2D eigenvalue weighted by atomic mass is 15.0. The fourth-order valence-electron chi connectivity index (χ4n) is 2.68. The molecule has 0 heterocycles. The molecule has 0 saturated heterocycles. The summed E-state index contributed by atoms with van der Waals surface area (Å²) in [5, 5.41) is 13.5. The monoisotopic (exact) mass is 240 g/mol. The summed E-state index contributed by atoms with van der Waals surface area (Å²) < 4.78 is 0. The van der Waals surface area contributed by atoms with Crippen molar-refractivity contribution in [2.45, 2.75) is 57.9 Å². The van der Waals surface area contributed by atoms with Crippen LogP contribution in [0.5, 0.6) is 0 Å². The van der Waals surface area contributed by atoms with E-state index in [1.54, 1.807) is 0 Å². The SMILES string of the molecule is CCCC1CCC(NCCCNC(=N)N)CC1. The molecule has 1 rings (SSSR count). The third-order valence-corrected chi connectivity index (χ3v) is 3.65. The minimum absolute atomic E-state index is 0.0741. The summed E-state index contributed by atoms with van der Waals surface area (Å²) in [6.45, 7) is 4.11. The van der Waals surface area contributed by atoms with Gasteiger partial charge in [0.25, 0.3) is 0 Å². The lowest BCUT2D eigenvalue weighted by Crippen LogP contribution is -2.36. The van der Waals surface area contributed by atoms with Crippen molar-refractivity contribution < 1.29 is 0 Å². The Bertz CT molecular complexity index is 209. The van der Waals surface area contributed by atoms with Crippen LogP contribution in [0.1, 0.15) is 51.9 Å². The van der Waals surface area contributed by atoms with Crippen LogP contribution in [-0.2, 0) is 0 Å². The van der Waals surface area contributed by atoms with Gasteiger partial charge >= 0.3 is 0 Å². The second-order valence-corrected chi connectivity index (χ2v) is 5.15. The summed E-state index contributed by atoms with van der Waals surface area (Å²) in [5.41, 5.74) is 5.21. The van der Waals surface area contributed by atoms with Crippen LogP contribution in [0.3, 0.4) is 0 Å². The number of nitrogens with one attached hydrogen (secondary N) is 3. The second kappa shape index (κ2) is 8.34. The van der Waals surface area contributed by atoms with E-state index >= 15 is 0 Å². The van der Waals surface area contributed by atoms with Gasteiger partial charge in [-0.3, -0.25) is 5.41 Å². The fraction of sp³-hybridized carbons (Fsp3) is 0.923. The van der Waals surface area contributed by atoms with Crippen molar-refractivity contribution in [1.29, 1.82) is 5.41 Å².